The second-order valence-corrected chi connectivity index (χ2v) is 4.26. The van der Waals surface area contributed by atoms with E-state index in [2.05, 4.69) is 10.6 Å². The number of halogens is 3. The summed E-state index contributed by atoms with van der Waals surface area (Å²) < 4.78 is 35.8. The van der Waals surface area contributed by atoms with Gasteiger partial charge in [-0.15, -0.1) is 0 Å². The summed E-state index contributed by atoms with van der Waals surface area (Å²) in [6, 6.07) is 0. The summed E-state index contributed by atoms with van der Waals surface area (Å²) in [7, 11) is 0. The van der Waals surface area contributed by atoms with E-state index in [4.69, 9.17) is 5.11 Å². The highest BCUT2D eigenvalue weighted by Crippen LogP contribution is 2.19. The van der Waals surface area contributed by atoms with E-state index >= 15 is 0 Å². The molecule has 0 aliphatic carbocycles. The van der Waals surface area contributed by atoms with Gasteiger partial charge >= 0.3 is 6.18 Å². The van der Waals surface area contributed by atoms with Crippen molar-refractivity contribution in [2.45, 2.75) is 31.5 Å². The molecule has 1 amide bonds. The van der Waals surface area contributed by atoms with Crippen LogP contribution in [0.1, 0.15) is 19.3 Å². The van der Waals surface area contributed by atoms with Gasteiger partial charge in [-0.3, -0.25) is 4.79 Å². The van der Waals surface area contributed by atoms with E-state index in [1.165, 1.54) is 0 Å². The van der Waals surface area contributed by atoms with Gasteiger partial charge in [-0.1, -0.05) is 0 Å². The number of amides is 1. The van der Waals surface area contributed by atoms with Crippen LogP contribution in [0.25, 0.3) is 0 Å². The Morgan fingerprint density at radius 3 is 2.76 bits per heavy atom. The number of carbonyl (C=O) groups excluding carboxylic acids is 1. The van der Waals surface area contributed by atoms with Crippen molar-refractivity contribution in [1.82, 2.24) is 10.6 Å². The summed E-state index contributed by atoms with van der Waals surface area (Å²) in [4.78, 5) is 11.2. The monoisotopic (exact) mass is 254 g/mol. The Labute approximate surface area is 97.6 Å². The highest BCUT2D eigenvalue weighted by atomic mass is 19.4. The van der Waals surface area contributed by atoms with Gasteiger partial charge in [-0.05, 0) is 31.8 Å². The molecule has 1 aliphatic heterocycles. The smallest absolute Gasteiger partial charge is 0.382 e. The van der Waals surface area contributed by atoms with Gasteiger partial charge in [-0.25, -0.2) is 0 Å². The number of hydrogen-bond acceptors (Lipinski definition) is 3. The molecule has 0 aromatic rings. The topological polar surface area (TPSA) is 61.4 Å². The van der Waals surface area contributed by atoms with Crippen LogP contribution in [-0.4, -0.2) is 42.9 Å². The fourth-order valence-corrected chi connectivity index (χ4v) is 1.71. The molecule has 2 unspecified atom stereocenters. The quantitative estimate of drug-likeness (QED) is 0.666. The Hall–Kier alpha value is -0.820. The molecule has 1 aliphatic rings. The molecular weight excluding hydrogens is 237 g/mol. The van der Waals surface area contributed by atoms with Crippen LogP contribution in [0, 0.1) is 5.92 Å². The third-order valence-electron chi connectivity index (χ3n) is 2.81. The summed E-state index contributed by atoms with van der Waals surface area (Å²) in [6.45, 7) is 1.02. The highest BCUT2D eigenvalue weighted by molar-refractivity contribution is 5.75. The Morgan fingerprint density at radius 2 is 2.24 bits per heavy atom. The van der Waals surface area contributed by atoms with Gasteiger partial charge in [0.05, 0.1) is 6.54 Å². The van der Waals surface area contributed by atoms with Gasteiger partial charge in [0, 0.05) is 6.42 Å². The second-order valence-electron chi connectivity index (χ2n) is 4.26. The number of aliphatic hydroxyl groups excluding tert-OH is 1. The van der Waals surface area contributed by atoms with Crippen LogP contribution in [0.5, 0.6) is 0 Å². The fourth-order valence-electron chi connectivity index (χ4n) is 1.71. The molecule has 100 valence electrons. The summed E-state index contributed by atoms with van der Waals surface area (Å²) >= 11 is 0. The number of alkyl halides is 3. The van der Waals surface area contributed by atoms with Crippen molar-refractivity contribution < 1.29 is 23.1 Å². The Kier molecular flexibility index (Phi) is 5.20. The van der Waals surface area contributed by atoms with E-state index in [9.17, 15) is 18.0 Å². The van der Waals surface area contributed by atoms with Gasteiger partial charge in [0.25, 0.3) is 0 Å². The van der Waals surface area contributed by atoms with Gasteiger partial charge in [0.15, 0.2) is 6.10 Å². The van der Waals surface area contributed by atoms with Crippen molar-refractivity contribution in [1.29, 1.82) is 0 Å². The summed E-state index contributed by atoms with van der Waals surface area (Å²) in [5.41, 5.74) is 0. The molecule has 0 aromatic carbocycles. The molecule has 1 heterocycles. The van der Waals surface area contributed by atoms with Crippen LogP contribution >= 0.6 is 0 Å². The number of carbonyl (C=O) groups is 1. The first-order valence-electron chi connectivity index (χ1n) is 5.62. The molecule has 0 spiro atoms. The molecule has 0 radical (unpaired) electrons. The van der Waals surface area contributed by atoms with E-state index in [0.29, 0.717) is 12.3 Å². The lowest BCUT2D eigenvalue weighted by Crippen LogP contribution is -2.40. The van der Waals surface area contributed by atoms with E-state index < -0.39 is 24.7 Å². The zero-order chi connectivity index (χ0) is 12.9. The van der Waals surface area contributed by atoms with Crippen LogP contribution in [0.15, 0.2) is 0 Å². The molecule has 1 saturated heterocycles. The van der Waals surface area contributed by atoms with E-state index in [0.717, 1.165) is 19.5 Å². The lowest BCUT2D eigenvalue weighted by molar-refractivity contribution is -0.201. The molecule has 4 nitrogen and oxygen atoms in total. The largest absolute Gasteiger partial charge is 0.416 e. The summed E-state index contributed by atoms with van der Waals surface area (Å²) in [5.74, 6) is -0.0199. The standard InChI is InChI=1S/C10H17F3N2O2/c11-10(12,13)8(16)6-15-9(17)2-1-7-3-4-14-5-7/h7-8,14,16H,1-6H2,(H,15,17). The minimum Gasteiger partial charge on any atom is -0.382 e. The summed E-state index contributed by atoms with van der Waals surface area (Å²) in [5, 5.41) is 13.9. The Bertz CT molecular complexity index is 252. The molecule has 0 bridgehead atoms. The number of aliphatic hydroxyl groups is 1. The SMILES string of the molecule is O=C(CCC1CCNC1)NCC(O)C(F)(F)F. The fraction of sp³-hybridized carbons (Fsp3) is 0.900. The van der Waals surface area contributed by atoms with Crippen LogP contribution < -0.4 is 10.6 Å². The predicted molar refractivity (Wildman–Crippen MR) is 55.3 cm³/mol. The van der Waals surface area contributed by atoms with Crippen LogP contribution in [-0.2, 0) is 4.79 Å². The molecule has 2 atom stereocenters. The molecule has 1 rings (SSSR count). The maximum absolute atomic E-state index is 11.9. The Balaban J connectivity index is 2.12. The molecular formula is C10H17F3N2O2. The molecule has 0 aromatic heterocycles. The van der Waals surface area contributed by atoms with Crippen LogP contribution in [0.4, 0.5) is 13.2 Å². The number of rotatable bonds is 5. The number of nitrogens with one attached hydrogen (secondary N) is 2. The van der Waals surface area contributed by atoms with Crippen LogP contribution in [0.3, 0.4) is 0 Å². The Morgan fingerprint density at radius 1 is 1.53 bits per heavy atom. The van der Waals surface area contributed by atoms with Crippen molar-refractivity contribution in [3.63, 3.8) is 0 Å². The highest BCUT2D eigenvalue weighted by Gasteiger charge is 2.38. The lowest BCUT2D eigenvalue weighted by atomic mass is 10.0. The van der Waals surface area contributed by atoms with E-state index in [1.54, 1.807) is 0 Å². The van der Waals surface area contributed by atoms with Crippen LogP contribution in [0.2, 0.25) is 0 Å². The first-order valence-corrected chi connectivity index (χ1v) is 5.62. The molecule has 3 N–H and O–H groups in total. The van der Waals surface area contributed by atoms with E-state index in [-0.39, 0.29) is 6.42 Å². The first kappa shape index (κ1) is 14.2. The molecule has 1 fully saturated rings. The van der Waals surface area contributed by atoms with Crippen molar-refractivity contribution in [3.05, 3.63) is 0 Å². The van der Waals surface area contributed by atoms with Gasteiger partial charge in [0.1, 0.15) is 0 Å². The normalized spacial score (nSPS) is 22.5. The minimum atomic E-state index is -4.68. The van der Waals surface area contributed by atoms with Crippen molar-refractivity contribution in [2.75, 3.05) is 19.6 Å². The zero-order valence-corrected chi connectivity index (χ0v) is 9.39. The van der Waals surface area contributed by atoms with Gasteiger partial charge in [-0.2, -0.15) is 13.2 Å². The van der Waals surface area contributed by atoms with Crippen molar-refractivity contribution in [2.24, 2.45) is 5.92 Å². The van der Waals surface area contributed by atoms with Crippen molar-refractivity contribution >= 4 is 5.91 Å². The average molecular weight is 254 g/mol. The van der Waals surface area contributed by atoms with E-state index in [1.807, 2.05) is 0 Å². The zero-order valence-electron chi connectivity index (χ0n) is 9.39. The first-order chi connectivity index (χ1) is 7.89. The van der Waals surface area contributed by atoms with Gasteiger partial charge in [0.2, 0.25) is 5.91 Å². The maximum Gasteiger partial charge on any atom is 0.416 e. The predicted octanol–water partition coefficient (Wildman–Crippen LogP) is 0.416. The van der Waals surface area contributed by atoms with Gasteiger partial charge < -0.3 is 15.7 Å². The third kappa shape index (κ3) is 5.36. The lowest BCUT2D eigenvalue weighted by Gasteiger charge is -2.15. The molecule has 7 heteroatoms. The maximum atomic E-state index is 11.9. The number of hydrogen-bond donors (Lipinski definition) is 3. The van der Waals surface area contributed by atoms with Crippen molar-refractivity contribution in [3.8, 4) is 0 Å². The second kappa shape index (κ2) is 6.20. The summed E-state index contributed by atoms with van der Waals surface area (Å²) in [6.07, 6.45) is -5.29. The molecule has 0 saturated carbocycles. The minimum absolute atomic E-state index is 0.205. The average Bonchev–Trinajstić information content (AvgIpc) is 2.74. The third-order valence-corrected chi connectivity index (χ3v) is 2.81. The molecule has 17 heavy (non-hydrogen) atoms.